The Bertz CT molecular complexity index is 1400. The van der Waals surface area contributed by atoms with Crippen LogP contribution in [0.1, 0.15) is 23.5 Å². The third kappa shape index (κ3) is 4.57. The molecule has 3 aromatic carbocycles. The standard InChI is InChI=1S/C24H20FN3O5S/c1-32-21-4-2-3-20(25)24(21)33-22-11-15(5-6-16(22)13-26)17-12-23(29)28(14-17)18-7-9-19(10-8-18)34(27,30)31/h2-11,17H,12,14H2,1H3,(H2,27,30,31)/t17-/m0/s1. The molecule has 0 saturated carbocycles. The Morgan fingerprint density at radius 1 is 1.12 bits per heavy atom. The number of benzene rings is 3. The largest absolute Gasteiger partial charge is 0.493 e. The number of rotatable bonds is 6. The maximum Gasteiger partial charge on any atom is 0.238 e. The van der Waals surface area contributed by atoms with Crippen molar-refractivity contribution < 1.29 is 27.1 Å². The van der Waals surface area contributed by atoms with E-state index >= 15 is 0 Å². The number of sulfonamides is 1. The molecule has 3 aromatic rings. The van der Waals surface area contributed by atoms with Crippen LogP contribution in [0.5, 0.6) is 17.2 Å². The molecule has 1 heterocycles. The zero-order valence-electron chi connectivity index (χ0n) is 18.1. The summed E-state index contributed by atoms with van der Waals surface area (Å²) < 4.78 is 48.2. The molecule has 1 aliphatic heterocycles. The van der Waals surface area contributed by atoms with Gasteiger partial charge in [0.15, 0.2) is 11.6 Å². The lowest BCUT2D eigenvalue weighted by molar-refractivity contribution is -0.117. The van der Waals surface area contributed by atoms with Crippen LogP contribution in [0.15, 0.2) is 65.6 Å². The third-order valence-electron chi connectivity index (χ3n) is 5.56. The quantitative estimate of drug-likeness (QED) is 0.573. The average molecular weight is 482 g/mol. The van der Waals surface area contributed by atoms with E-state index in [2.05, 4.69) is 0 Å². The molecule has 10 heteroatoms. The van der Waals surface area contributed by atoms with Crippen LogP contribution >= 0.6 is 0 Å². The summed E-state index contributed by atoms with van der Waals surface area (Å²) in [6, 6.07) is 16.9. The van der Waals surface area contributed by atoms with Crippen LogP contribution in [0, 0.1) is 17.1 Å². The van der Waals surface area contributed by atoms with Crippen LogP contribution in [0.2, 0.25) is 0 Å². The van der Waals surface area contributed by atoms with Gasteiger partial charge in [0, 0.05) is 24.6 Å². The first-order chi connectivity index (χ1) is 16.2. The lowest BCUT2D eigenvalue weighted by Crippen LogP contribution is -2.24. The maximum atomic E-state index is 14.4. The van der Waals surface area contributed by atoms with Crippen molar-refractivity contribution in [2.45, 2.75) is 17.2 Å². The predicted octanol–water partition coefficient (Wildman–Crippen LogP) is 3.67. The molecule has 174 valence electrons. The van der Waals surface area contributed by atoms with Gasteiger partial charge in [0.25, 0.3) is 0 Å². The van der Waals surface area contributed by atoms with E-state index < -0.39 is 15.8 Å². The molecule has 0 unspecified atom stereocenters. The van der Waals surface area contributed by atoms with Crippen molar-refractivity contribution in [1.29, 1.82) is 5.26 Å². The Kier molecular flexibility index (Phi) is 6.24. The molecule has 1 saturated heterocycles. The molecule has 0 spiro atoms. The lowest BCUT2D eigenvalue weighted by Gasteiger charge is -2.18. The molecule has 1 fully saturated rings. The number of nitrogens with zero attached hydrogens (tertiary/aromatic N) is 2. The monoisotopic (exact) mass is 481 g/mol. The number of para-hydroxylation sites is 1. The Hall–Kier alpha value is -3.94. The van der Waals surface area contributed by atoms with E-state index in [0.717, 1.165) is 5.56 Å². The van der Waals surface area contributed by atoms with Gasteiger partial charge in [-0.1, -0.05) is 12.1 Å². The summed E-state index contributed by atoms with van der Waals surface area (Å²) in [5, 5.41) is 14.6. The van der Waals surface area contributed by atoms with Crippen molar-refractivity contribution in [1.82, 2.24) is 0 Å². The number of hydrogen-bond donors (Lipinski definition) is 1. The Morgan fingerprint density at radius 3 is 2.50 bits per heavy atom. The predicted molar refractivity (Wildman–Crippen MR) is 122 cm³/mol. The molecule has 0 aromatic heterocycles. The van der Waals surface area contributed by atoms with Crippen molar-refractivity contribution in [3.63, 3.8) is 0 Å². The van der Waals surface area contributed by atoms with Gasteiger partial charge >= 0.3 is 0 Å². The molecule has 1 atom stereocenters. The van der Waals surface area contributed by atoms with Crippen LogP contribution in [-0.4, -0.2) is 28.0 Å². The van der Waals surface area contributed by atoms with Crippen LogP contribution in [0.25, 0.3) is 0 Å². The van der Waals surface area contributed by atoms with Crippen LogP contribution in [0.4, 0.5) is 10.1 Å². The first-order valence-electron chi connectivity index (χ1n) is 10.2. The van der Waals surface area contributed by atoms with Crippen LogP contribution in [-0.2, 0) is 14.8 Å². The van der Waals surface area contributed by atoms with Crippen molar-refractivity contribution >= 4 is 21.6 Å². The zero-order valence-corrected chi connectivity index (χ0v) is 18.9. The van der Waals surface area contributed by atoms with E-state index in [4.69, 9.17) is 14.6 Å². The number of anilines is 1. The fourth-order valence-electron chi connectivity index (χ4n) is 3.82. The minimum absolute atomic E-state index is 0.0445. The number of amides is 1. The van der Waals surface area contributed by atoms with E-state index in [9.17, 15) is 22.9 Å². The van der Waals surface area contributed by atoms with Crippen molar-refractivity contribution in [3.8, 4) is 23.3 Å². The third-order valence-corrected chi connectivity index (χ3v) is 6.49. The highest BCUT2D eigenvalue weighted by Crippen LogP contribution is 2.38. The number of nitriles is 1. The fourth-order valence-corrected chi connectivity index (χ4v) is 4.34. The number of nitrogens with two attached hydrogens (primary N) is 1. The van der Waals surface area contributed by atoms with E-state index in [-0.39, 0.29) is 46.0 Å². The summed E-state index contributed by atoms with van der Waals surface area (Å²) in [6.07, 6.45) is 0.200. The highest BCUT2D eigenvalue weighted by atomic mass is 32.2. The van der Waals surface area contributed by atoms with Gasteiger partial charge in [0.1, 0.15) is 11.8 Å². The minimum Gasteiger partial charge on any atom is -0.493 e. The van der Waals surface area contributed by atoms with Gasteiger partial charge in [-0.25, -0.2) is 17.9 Å². The van der Waals surface area contributed by atoms with Crippen molar-refractivity contribution in [2.24, 2.45) is 5.14 Å². The molecule has 34 heavy (non-hydrogen) atoms. The molecule has 2 N–H and O–H groups in total. The number of ether oxygens (including phenoxy) is 2. The maximum absolute atomic E-state index is 14.4. The molecule has 8 nitrogen and oxygen atoms in total. The Balaban J connectivity index is 1.61. The summed E-state index contributed by atoms with van der Waals surface area (Å²) in [7, 11) is -2.45. The van der Waals surface area contributed by atoms with Gasteiger partial charge in [-0.2, -0.15) is 5.26 Å². The number of carbonyl (C=O) groups is 1. The summed E-state index contributed by atoms with van der Waals surface area (Å²) in [5.41, 5.74) is 1.48. The summed E-state index contributed by atoms with van der Waals surface area (Å²) in [4.78, 5) is 14.2. The molecule has 0 radical (unpaired) electrons. The molecule has 0 aliphatic carbocycles. The van der Waals surface area contributed by atoms with Crippen molar-refractivity contribution in [3.05, 3.63) is 77.6 Å². The van der Waals surface area contributed by atoms with E-state index in [1.165, 1.54) is 43.5 Å². The highest BCUT2D eigenvalue weighted by molar-refractivity contribution is 7.89. The summed E-state index contributed by atoms with van der Waals surface area (Å²) in [5.74, 6) is -0.818. The first-order valence-corrected chi connectivity index (χ1v) is 11.7. The van der Waals surface area contributed by atoms with E-state index in [1.807, 2.05) is 6.07 Å². The van der Waals surface area contributed by atoms with Gasteiger partial charge < -0.3 is 14.4 Å². The fraction of sp³-hybridized carbons (Fsp3) is 0.167. The van der Waals surface area contributed by atoms with Gasteiger partial charge in [0.2, 0.25) is 21.7 Å². The molecule has 1 aliphatic rings. The molecule has 4 rings (SSSR count). The average Bonchev–Trinajstić information content (AvgIpc) is 3.21. The molecule has 0 bridgehead atoms. The Morgan fingerprint density at radius 2 is 1.85 bits per heavy atom. The molecular weight excluding hydrogens is 461 g/mol. The topological polar surface area (TPSA) is 123 Å². The van der Waals surface area contributed by atoms with Gasteiger partial charge in [-0.05, 0) is 54.1 Å². The second-order valence-electron chi connectivity index (χ2n) is 7.68. The second kappa shape index (κ2) is 9.13. The number of methoxy groups -OCH3 is 1. The minimum atomic E-state index is -3.84. The second-order valence-corrected chi connectivity index (χ2v) is 9.25. The van der Waals surface area contributed by atoms with Gasteiger partial charge in [-0.3, -0.25) is 4.79 Å². The first kappa shape index (κ1) is 23.2. The zero-order chi connectivity index (χ0) is 24.5. The van der Waals surface area contributed by atoms with Crippen molar-refractivity contribution in [2.75, 3.05) is 18.6 Å². The normalized spacial score (nSPS) is 15.8. The smallest absolute Gasteiger partial charge is 0.238 e. The molecular formula is C24H20FN3O5S. The summed E-state index contributed by atoms with van der Waals surface area (Å²) in [6.45, 7) is 0.335. The van der Waals surface area contributed by atoms with Crippen LogP contribution in [0.3, 0.4) is 0 Å². The summed E-state index contributed by atoms with van der Waals surface area (Å²) >= 11 is 0. The number of hydrogen-bond acceptors (Lipinski definition) is 6. The number of primary sulfonamides is 1. The Labute approximate surface area is 196 Å². The number of halogens is 1. The van der Waals surface area contributed by atoms with Crippen LogP contribution < -0.4 is 19.5 Å². The number of carbonyl (C=O) groups excluding carboxylic acids is 1. The van der Waals surface area contributed by atoms with E-state index in [1.54, 1.807) is 29.2 Å². The molecule has 1 amide bonds. The van der Waals surface area contributed by atoms with E-state index in [0.29, 0.717) is 12.2 Å². The van der Waals surface area contributed by atoms with Gasteiger partial charge in [0.05, 0.1) is 17.6 Å². The SMILES string of the molecule is COc1cccc(F)c1Oc1cc([C@H]2CC(=O)N(c3ccc(S(N)(=O)=O)cc3)C2)ccc1C#N. The highest BCUT2D eigenvalue weighted by Gasteiger charge is 2.32. The van der Waals surface area contributed by atoms with Gasteiger partial charge in [-0.15, -0.1) is 0 Å². The lowest BCUT2D eigenvalue weighted by atomic mass is 9.96.